The van der Waals surface area contributed by atoms with E-state index in [0.717, 1.165) is 58.8 Å². The molecule has 0 aliphatic heterocycles. The number of carboxylic acid groups (broad SMARTS) is 1. The molecule has 2 amide bonds. The van der Waals surface area contributed by atoms with Gasteiger partial charge in [-0.3, -0.25) is 14.4 Å². The number of nitrogens with zero attached hydrogens (tertiary/aromatic N) is 1. The first-order chi connectivity index (χ1) is 22.6. The van der Waals surface area contributed by atoms with Gasteiger partial charge in [0.25, 0.3) is 0 Å². The number of benzene rings is 3. The van der Waals surface area contributed by atoms with Crippen molar-refractivity contribution in [2.45, 2.75) is 85.5 Å². The van der Waals surface area contributed by atoms with Crippen molar-refractivity contribution in [3.05, 3.63) is 95.0 Å². The lowest BCUT2D eigenvalue weighted by atomic mass is 9.86. The van der Waals surface area contributed by atoms with E-state index in [-0.39, 0.29) is 24.8 Å². The van der Waals surface area contributed by atoms with Gasteiger partial charge < -0.3 is 15.7 Å². The molecule has 0 saturated heterocycles. The number of thiazole rings is 1. The Morgan fingerprint density at radius 1 is 0.787 bits per heavy atom. The Kier molecular flexibility index (Phi) is 16.1. The zero-order valence-electron chi connectivity index (χ0n) is 28.3. The number of hydrogen-bond donors (Lipinski definition) is 3. The van der Waals surface area contributed by atoms with Crippen LogP contribution in [0, 0.1) is 17.8 Å². The maximum Gasteiger partial charge on any atom is 0.306 e. The number of unbranched alkanes of at least 4 members (excludes halogenated alkanes) is 1. The maximum atomic E-state index is 13.3. The molecule has 0 radical (unpaired) electrons. The van der Waals surface area contributed by atoms with E-state index in [1.54, 1.807) is 23.5 Å². The Morgan fingerprint density at radius 3 is 2.06 bits per heavy atom. The fourth-order valence-corrected chi connectivity index (χ4v) is 6.29. The number of amides is 2. The molecule has 4 rings (SSSR count). The number of fused-ring (bicyclic) bond motifs is 1. The van der Waals surface area contributed by atoms with Crippen LogP contribution in [-0.2, 0) is 33.6 Å². The van der Waals surface area contributed by atoms with Crippen LogP contribution in [0.1, 0.15) is 82.4 Å². The van der Waals surface area contributed by atoms with E-state index in [1.807, 2.05) is 36.4 Å². The largest absolute Gasteiger partial charge is 0.481 e. The standard InChI is InChI=1S/C35H41N3O4S.C4H10/c1-2-10-25-17-19-26(20-18-25)21-22-27(34(40)36-24-32(39)37-29-12-4-3-5-13-29)23-28(35(41)42)11-6-9-16-33-38-30-14-7-8-15-31(30)43-33;1-4(2)3/h3-5,7-8,12-15,17-20,27-28H,2,6,9-11,16,21-24H2,1H3,(H,36,40)(H,37,39)(H,41,42);4H,1-3H3/t27-,28?;/m1./s1. The molecule has 4 aromatic rings. The molecule has 2 atom stereocenters. The quantitative estimate of drug-likeness (QED) is 0.0985. The summed E-state index contributed by atoms with van der Waals surface area (Å²) in [5.74, 6) is -1.83. The Balaban J connectivity index is 0.00000142. The van der Waals surface area contributed by atoms with Crippen LogP contribution in [0.4, 0.5) is 5.69 Å². The number of carbonyl (C=O) groups excluding carboxylic acids is 2. The zero-order chi connectivity index (χ0) is 34.0. The van der Waals surface area contributed by atoms with Gasteiger partial charge in [-0.1, -0.05) is 95.1 Å². The van der Waals surface area contributed by atoms with Crippen LogP contribution >= 0.6 is 11.3 Å². The van der Waals surface area contributed by atoms with Crippen molar-refractivity contribution in [1.82, 2.24) is 10.3 Å². The third-order valence-electron chi connectivity index (χ3n) is 7.64. The summed E-state index contributed by atoms with van der Waals surface area (Å²) < 4.78 is 1.16. The van der Waals surface area contributed by atoms with Crippen LogP contribution in [0.15, 0.2) is 78.9 Å². The highest BCUT2D eigenvalue weighted by atomic mass is 32.1. The molecule has 0 aliphatic carbocycles. The summed E-state index contributed by atoms with van der Waals surface area (Å²) >= 11 is 1.68. The van der Waals surface area contributed by atoms with E-state index < -0.39 is 17.8 Å². The summed E-state index contributed by atoms with van der Waals surface area (Å²) in [5, 5.41) is 16.6. The molecule has 0 bridgehead atoms. The van der Waals surface area contributed by atoms with Crippen LogP contribution in [0.2, 0.25) is 0 Å². The predicted octanol–water partition coefficient (Wildman–Crippen LogP) is 8.72. The fraction of sp³-hybridized carbons (Fsp3) is 0.436. The molecule has 7 nitrogen and oxygen atoms in total. The van der Waals surface area contributed by atoms with Crippen LogP contribution in [0.25, 0.3) is 10.2 Å². The van der Waals surface area contributed by atoms with Crippen LogP contribution in [-0.4, -0.2) is 34.4 Å². The Bertz CT molecular complexity index is 1480. The van der Waals surface area contributed by atoms with Crippen LogP contribution < -0.4 is 10.6 Å². The molecular formula is C39H51N3O4S. The van der Waals surface area contributed by atoms with Crippen molar-refractivity contribution in [2.24, 2.45) is 17.8 Å². The summed E-state index contributed by atoms with van der Waals surface area (Å²) in [5.41, 5.74) is 4.04. The van der Waals surface area contributed by atoms with Gasteiger partial charge in [0, 0.05) is 11.6 Å². The van der Waals surface area contributed by atoms with Crippen LogP contribution in [0.3, 0.4) is 0 Å². The first kappa shape index (κ1) is 37.4. The SMILES string of the molecule is CC(C)C.CCCc1ccc(CC[C@H](CC(CCCCc2nc3ccccc3s2)C(=O)O)C(=O)NCC(=O)Nc2ccccc2)cc1. The highest BCUT2D eigenvalue weighted by Crippen LogP contribution is 2.26. The number of carboxylic acids is 1. The fourth-order valence-electron chi connectivity index (χ4n) is 5.28. The third-order valence-corrected chi connectivity index (χ3v) is 8.74. The monoisotopic (exact) mass is 657 g/mol. The zero-order valence-corrected chi connectivity index (χ0v) is 29.2. The number of hydrogen-bond acceptors (Lipinski definition) is 5. The van der Waals surface area contributed by atoms with Gasteiger partial charge in [-0.25, -0.2) is 4.98 Å². The number of para-hydroxylation sites is 2. The molecule has 0 aliphatic rings. The first-order valence-corrected chi connectivity index (χ1v) is 17.7. The lowest BCUT2D eigenvalue weighted by molar-refractivity contribution is -0.143. The summed E-state index contributed by atoms with van der Waals surface area (Å²) in [4.78, 5) is 42.7. The molecule has 252 valence electrons. The van der Waals surface area contributed by atoms with E-state index in [9.17, 15) is 19.5 Å². The first-order valence-electron chi connectivity index (χ1n) is 16.9. The Labute approximate surface area is 284 Å². The summed E-state index contributed by atoms with van der Waals surface area (Å²) in [7, 11) is 0. The minimum Gasteiger partial charge on any atom is -0.481 e. The number of nitrogens with one attached hydrogen (secondary N) is 2. The molecule has 0 spiro atoms. The average Bonchev–Trinajstić information content (AvgIpc) is 3.47. The molecular weight excluding hydrogens is 607 g/mol. The van der Waals surface area contributed by atoms with Crippen LogP contribution in [0.5, 0.6) is 0 Å². The van der Waals surface area contributed by atoms with E-state index >= 15 is 0 Å². The summed E-state index contributed by atoms with van der Waals surface area (Å²) in [6.45, 7) is 8.48. The molecule has 3 N–H and O–H groups in total. The molecule has 3 aromatic carbocycles. The second-order valence-corrected chi connectivity index (χ2v) is 13.9. The van der Waals surface area contributed by atoms with Crippen molar-refractivity contribution in [3.63, 3.8) is 0 Å². The number of rotatable bonds is 17. The Morgan fingerprint density at radius 2 is 1.43 bits per heavy atom. The molecule has 0 fully saturated rings. The lowest BCUT2D eigenvalue weighted by Crippen LogP contribution is -2.38. The second-order valence-electron chi connectivity index (χ2n) is 12.8. The van der Waals surface area contributed by atoms with Gasteiger partial charge in [0.1, 0.15) is 0 Å². The highest BCUT2D eigenvalue weighted by molar-refractivity contribution is 7.18. The van der Waals surface area contributed by atoms with Gasteiger partial charge in [-0.15, -0.1) is 11.3 Å². The predicted molar refractivity (Wildman–Crippen MR) is 194 cm³/mol. The Hall–Kier alpha value is -4.04. The molecule has 0 saturated carbocycles. The molecule has 1 unspecified atom stereocenters. The minimum absolute atomic E-state index is 0.171. The van der Waals surface area contributed by atoms with E-state index in [0.29, 0.717) is 24.9 Å². The highest BCUT2D eigenvalue weighted by Gasteiger charge is 2.27. The number of carbonyl (C=O) groups is 3. The topological polar surface area (TPSA) is 108 Å². The molecule has 8 heteroatoms. The van der Waals surface area contributed by atoms with Gasteiger partial charge >= 0.3 is 5.97 Å². The van der Waals surface area contributed by atoms with Crippen molar-refractivity contribution in [2.75, 3.05) is 11.9 Å². The molecule has 47 heavy (non-hydrogen) atoms. The van der Waals surface area contributed by atoms with Crippen molar-refractivity contribution in [3.8, 4) is 0 Å². The lowest BCUT2D eigenvalue weighted by Gasteiger charge is -2.21. The van der Waals surface area contributed by atoms with Gasteiger partial charge in [-0.2, -0.15) is 0 Å². The molecule has 1 aromatic heterocycles. The molecule has 1 heterocycles. The van der Waals surface area contributed by atoms with Gasteiger partial charge in [0.15, 0.2) is 0 Å². The van der Waals surface area contributed by atoms with Crippen molar-refractivity contribution in [1.29, 1.82) is 0 Å². The smallest absolute Gasteiger partial charge is 0.306 e. The van der Waals surface area contributed by atoms with Gasteiger partial charge in [0.2, 0.25) is 11.8 Å². The normalized spacial score (nSPS) is 12.2. The van der Waals surface area contributed by atoms with Crippen molar-refractivity contribution < 1.29 is 19.5 Å². The van der Waals surface area contributed by atoms with E-state index in [2.05, 4.69) is 73.6 Å². The average molecular weight is 658 g/mol. The van der Waals surface area contributed by atoms with E-state index in [1.165, 1.54) is 5.56 Å². The van der Waals surface area contributed by atoms with Gasteiger partial charge in [0.05, 0.1) is 27.7 Å². The summed E-state index contributed by atoms with van der Waals surface area (Å²) in [6.07, 6.45) is 6.37. The van der Waals surface area contributed by atoms with Gasteiger partial charge in [-0.05, 0) is 86.3 Å². The number of aliphatic carboxylic acids is 1. The van der Waals surface area contributed by atoms with Crippen molar-refractivity contribution >= 4 is 45.0 Å². The minimum atomic E-state index is -0.886. The third kappa shape index (κ3) is 14.1. The van der Waals surface area contributed by atoms with E-state index in [4.69, 9.17) is 0 Å². The summed E-state index contributed by atoms with van der Waals surface area (Å²) in [6, 6.07) is 25.5. The maximum absolute atomic E-state index is 13.3. The number of aryl methyl sites for hydroxylation is 3. The number of aromatic nitrogens is 1. The number of anilines is 1. The second kappa shape index (κ2) is 20.3.